The fraction of sp³-hybridized carbons (Fsp3) is 0.632. The van der Waals surface area contributed by atoms with Gasteiger partial charge in [-0.25, -0.2) is 13.1 Å². The zero-order valence-corrected chi connectivity index (χ0v) is 17.5. The van der Waals surface area contributed by atoms with E-state index >= 15 is 0 Å². The molecular formula is C19H33N5O2S. The molecule has 1 aromatic rings. The van der Waals surface area contributed by atoms with Crippen LogP contribution in [0, 0.1) is 0 Å². The van der Waals surface area contributed by atoms with Crippen LogP contribution in [0.15, 0.2) is 29.3 Å². The third-order valence-electron chi connectivity index (χ3n) is 4.77. The Bertz CT molecular complexity index is 715. The number of nitrogens with one attached hydrogen (secondary N) is 3. The van der Waals surface area contributed by atoms with Gasteiger partial charge in [0.15, 0.2) is 5.96 Å². The summed E-state index contributed by atoms with van der Waals surface area (Å²) in [7, 11) is -1.38. The normalized spacial score (nSPS) is 16.4. The third kappa shape index (κ3) is 7.03. The smallest absolute Gasteiger partial charge is 0.211 e. The van der Waals surface area contributed by atoms with Crippen LogP contribution in [-0.2, 0) is 10.0 Å². The van der Waals surface area contributed by atoms with Crippen molar-refractivity contribution in [3.8, 4) is 0 Å². The third-order valence-corrected chi connectivity index (χ3v) is 6.17. The van der Waals surface area contributed by atoms with Crippen LogP contribution in [0.1, 0.15) is 44.7 Å². The van der Waals surface area contributed by atoms with Crippen molar-refractivity contribution in [2.24, 2.45) is 4.99 Å². The second kappa shape index (κ2) is 10.5. The molecule has 27 heavy (non-hydrogen) atoms. The van der Waals surface area contributed by atoms with E-state index in [0.717, 1.165) is 13.1 Å². The molecule has 1 saturated heterocycles. The van der Waals surface area contributed by atoms with Crippen molar-refractivity contribution in [3.05, 3.63) is 29.8 Å². The van der Waals surface area contributed by atoms with Gasteiger partial charge in [-0.05, 0) is 50.8 Å². The molecule has 1 atom stereocenters. The quantitative estimate of drug-likeness (QED) is 0.337. The second-order valence-corrected chi connectivity index (χ2v) is 8.90. The minimum Gasteiger partial charge on any atom is -0.372 e. The predicted molar refractivity (Wildman–Crippen MR) is 113 cm³/mol. The molecule has 0 spiro atoms. The molecule has 7 nitrogen and oxygen atoms in total. The van der Waals surface area contributed by atoms with Crippen LogP contribution in [-0.4, -0.2) is 53.4 Å². The summed E-state index contributed by atoms with van der Waals surface area (Å²) in [6.45, 7) is 7.09. The Morgan fingerprint density at radius 2 is 2.00 bits per heavy atom. The van der Waals surface area contributed by atoms with Gasteiger partial charge in [0.25, 0.3) is 0 Å². The van der Waals surface area contributed by atoms with E-state index < -0.39 is 10.0 Å². The van der Waals surface area contributed by atoms with Crippen molar-refractivity contribution in [3.63, 3.8) is 0 Å². The Hall–Kier alpha value is -1.80. The molecule has 0 aromatic heterocycles. The first-order chi connectivity index (χ1) is 12.9. The van der Waals surface area contributed by atoms with Gasteiger partial charge in [0.05, 0.1) is 11.8 Å². The Morgan fingerprint density at radius 1 is 1.26 bits per heavy atom. The largest absolute Gasteiger partial charge is 0.372 e. The van der Waals surface area contributed by atoms with Gasteiger partial charge in [-0.1, -0.05) is 12.1 Å². The van der Waals surface area contributed by atoms with E-state index in [4.69, 9.17) is 0 Å². The first-order valence-corrected chi connectivity index (χ1v) is 11.4. The number of benzene rings is 1. The van der Waals surface area contributed by atoms with Crippen LogP contribution in [0.2, 0.25) is 0 Å². The standard InChI is InChI=1S/C19H33N5O2S/c1-4-27(25,26)22-12-8-11-21-19(20-3)23-16(2)17-9-7-10-18(15-17)24-13-5-6-14-24/h7,9-10,15-16,22H,4-6,8,11-14H2,1-3H3,(H2,20,21,23). The van der Waals surface area contributed by atoms with Gasteiger partial charge in [0, 0.05) is 38.9 Å². The number of hydrogen-bond acceptors (Lipinski definition) is 4. The monoisotopic (exact) mass is 395 g/mol. The minimum absolute atomic E-state index is 0.109. The zero-order chi connectivity index (χ0) is 19.7. The number of sulfonamides is 1. The molecule has 2 rings (SSSR count). The summed E-state index contributed by atoms with van der Waals surface area (Å²) in [5.41, 5.74) is 2.50. The molecule has 0 aliphatic carbocycles. The Balaban J connectivity index is 1.81. The second-order valence-electron chi connectivity index (χ2n) is 6.81. The maximum Gasteiger partial charge on any atom is 0.211 e. The number of guanidine groups is 1. The molecule has 0 amide bonds. The highest BCUT2D eigenvalue weighted by atomic mass is 32.2. The Kier molecular flexibility index (Phi) is 8.37. The number of rotatable bonds is 9. The molecule has 3 N–H and O–H groups in total. The van der Waals surface area contributed by atoms with Crippen molar-refractivity contribution in [1.82, 2.24) is 15.4 Å². The highest BCUT2D eigenvalue weighted by molar-refractivity contribution is 7.89. The summed E-state index contributed by atoms with van der Waals surface area (Å²) in [6.07, 6.45) is 3.23. The number of nitrogens with zero attached hydrogens (tertiary/aromatic N) is 2. The minimum atomic E-state index is -3.12. The van der Waals surface area contributed by atoms with Crippen molar-refractivity contribution < 1.29 is 8.42 Å². The lowest BCUT2D eigenvalue weighted by Crippen LogP contribution is -2.40. The summed E-state index contributed by atoms with van der Waals surface area (Å²) in [4.78, 5) is 6.69. The number of anilines is 1. The van der Waals surface area contributed by atoms with E-state index in [1.165, 1.54) is 24.1 Å². The van der Waals surface area contributed by atoms with E-state index in [0.29, 0.717) is 25.5 Å². The van der Waals surface area contributed by atoms with Gasteiger partial charge in [-0.2, -0.15) is 0 Å². The highest BCUT2D eigenvalue weighted by Gasteiger charge is 2.14. The van der Waals surface area contributed by atoms with Gasteiger partial charge in [-0.3, -0.25) is 4.99 Å². The van der Waals surface area contributed by atoms with Crippen LogP contribution in [0.5, 0.6) is 0 Å². The van der Waals surface area contributed by atoms with Crippen LogP contribution < -0.4 is 20.3 Å². The van der Waals surface area contributed by atoms with Crippen molar-refractivity contribution in [1.29, 1.82) is 0 Å². The molecule has 1 aromatic carbocycles. The van der Waals surface area contributed by atoms with Crippen molar-refractivity contribution in [2.45, 2.75) is 39.2 Å². The summed E-state index contributed by atoms with van der Waals surface area (Å²) >= 11 is 0. The lowest BCUT2D eigenvalue weighted by Gasteiger charge is -2.22. The molecule has 152 valence electrons. The average molecular weight is 396 g/mol. The molecule has 0 saturated carbocycles. The number of hydrogen-bond donors (Lipinski definition) is 3. The Morgan fingerprint density at radius 3 is 2.67 bits per heavy atom. The van der Waals surface area contributed by atoms with E-state index in [1.807, 2.05) is 0 Å². The average Bonchev–Trinajstić information content (AvgIpc) is 3.21. The molecule has 1 heterocycles. The molecule has 0 radical (unpaired) electrons. The zero-order valence-electron chi connectivity index (χ0n) is 16.7. The summed E-state index contributed by atoms with van der Waals surface area (Å²) < 4.78 is 25.4. The maximum absolute atomic E-state index is 11.4. The molecule has 1 aliphatic heterocycles. The predicted octanol–water partition coefficient (Wildman–Crippen LogP) is 1.84. The van der Waals surface area contributed by atoms with Gasteiger partial charge in [0.1, 0.15) is 0 Å². The first-order valence-electron chi connectivity index (χ1n) is 9.74. The Labute approximate surface area is 163 Å². The highest BCUT2D eigenvalue weighted by Crippen LogP contribution is 2.23. The summed E-state index contributed by atoms with van der Waals surface area (Å²) in [6, 6.07) is 8.78. The summed E-state index contributed by atoms with van der Waals surface area (Å²) in [5.74, 6) is 0.824. The van der Waals surface area contributed by atoms with Gasteiger partial charge in [-0.15, -0.1) is 0 Å². The molecule has 1 aliphatic rings. The molecule has 0 bridgehead atoms. The molecule has 8 heteroatoms. The lowest BCUT2D eigenvalue weighted by molar-refractivity contribution is 0.579. The molecule has 1 fully saturated rings. The SMILES string of the molecule is CCS(=O)(=O)NCCCNC(=NC)NC(C)c1cccc(N2CCCC2)c1. The van der Waals surface area contributed by atoms with Gasteiger partial charge in [0.2, 0.25) is 10.0 Å². The van der Waals surface area contributed by atoms with Crippen LogP contribution in [0.4, 0.5) is 5.69 Å². The first kappa shape index (κ1) is 21.5. The molecular weight excluding hydrogens is 362 g/mol. The van der Waals surface area contributed by atoms with Crippen LogP contribution >= 0.6 is 0 Å². The van der Waals surface area contributed by atoms with Crippen molar-refractivity contribution in [2.75, 3.05) is 43.9 Å². The van der Waals surface area contributed by atoms with E-state index in [1.54, 1.807) is 14.0 Å². The summed E-state index contributed by atoms with van der Waals surface area (Å²) in [5, 5.41) is 6.64. The fourth-order valence-electron chi connectivity index (χ4n) is 3.07. The van der Waals surface area contributed by atoms with E-state index in [9.17, 15) is 8.42 Å². The van der Waals surface area contributed by atoms with Crippen LogP contribution in [0.25, 0.3) is 0 Å². The van der Waals surface area contributed by atoms with Gasteiger partial charge < -0.3 is 15.5 Å². The fourth-order valence-corrected chi connectivity index (χ4v) is 3.73. The van der Waals surface area contributed by atoms with Crippen LogP contribution in [0.3, 0.4) is 0 Å². The lowest BCUT2D eigenvalue weighted by atomic mass is 10.1. The van der Waals surface area contributed by atoms with E-state index in [-0.39, 0.29) is 11.8 Å². The maximum atomic E-state index is 11.4. The van der Waals surface area contributed by atoms with E-state index in [2.05, 4.69) is 56.4 Å². The topological polar surface area (TPSA) is 85.8 Å². The molecule has 1 unspecified atom stereocenters. The van der Waals surface area contributed by atoms with Gasteiger partial charge >= 0.3 is 0 Å². The van der Waals surface area contributed by atoms with Crippen molar-refractivity contribution >= 4 is 21.7 Å². The number of aliphatic imine (C=N–C) groups is 1.